The van der Waals surface area contributed by atoms with Gasteiger partial charge in [-0.3, -0.25) is 4.40 Å². The van der Waals surface area contributed by atoms with E-state index in [1.54, 1.807) is 29.7 Å². The molecule has 8 heteroatoms. The van der Waals surface area contributed by atoms with Crippen LogP contribution in [0.2, 0.25) is 5.02 Å². The van der Waals surface area contributed by atoms with E-state index in [0.29, 0.717) is 18.1 Å². The fourth-order valence-electron chi connectivity index (χ4n) is 2.38. The molecule has 0 spiro atoms. The number of fused-ring (bicyclic) bond motifs is 1. The second-order valence-electron chi connectivity index (χ2n) is 5.30. The Hall–Kier alpha value is -2.09. The van der Waals surface area contributed by atoms with Crippen LogP contribution in [0.25, 0.3) is 4.96 Å². The number of halogens is 1. The molecular formula is C16H17ClN4O2S. The van der Waals surface area contributed by atoms with Crippen molar-refractivity contribution in [3.8, 4) is 0 Å². The molecule has 0 saturated heterocycles. The van der Waals surface area contributed by atoms with E-state index in [1.807, 2.05) is 28.1 Å². The van der Waals surface area contributed by atoms with Crippen LogP contribution in [0.15, 0.2) is 42.0 Å². The summed E-state index contributed by atoms with van der Waals surface area (Å²) in [6, 6.07) is 6.95. The summed E-state index contributed by atoms with van der Waals surface area (Å²) in [7, 11) is 0. The van der Waals surface area contributed by atoms with Crippen molar-refractivity contribution >= 4 is 33.9 Å². The minimum atomic E-state index is -0.285. The van der Waals surface area contributed by atoms with Crippen LogP contribution < -0.4 is 10.6 Å². The zero-order chi connectivity index (χ0) is 16.9. The fraction of sp³-hybridized carbons (Fsp3) is 0.250. The van der Waals surface area contributed by atoms with Crippen molar-refractivity contribution in [3.63, 3.8) is 0 Å². The van der Waals surface area contributed by atoms with Crippen LogP contribution in [0.3, 0.4) is 0 Å². The maximum Gasteiger partial charge on any atom is 0.315 e. The normalized spacial score (nSPS) is 12.2. The van der Waals surface area contributed by atoms with E-state index in [2.05, 4.69) is 15.6 Å². The molecule has 0 aliphatic carbocycles. The third-order valence-corrected chi connectivity index (χ3v) is 4.75. The van der Waals surface area contributed by atoms with Crippen LogP contribution in [0.4, 0.5) is 4.79 Å². The van der Waals surface area contributed by atoms with Gasteiger partial charge >= 0.3 is 6.03 Å². The summed E-state index contributed by atoms with van der Waals surface area (Å²) in [5.74, 6) is -0.174. The van der Waals surface area contributed by atoms with Crippen LogP contribution in [-0.2, 0) is 6.54 Å². The Morgan fingerprint density at radius 2 is 2.12 bits per heavy atom. The molecule has 2 amide bonds. The predicted molar refractivity (Wildman–Crippen MR) is 94.6 cm³/mol. The fourth-order valence-corrected chi connectivity index (χ4v) is 3.21. The van der Waals surface area contributed by atoms with Gasteiger partial charge in [-0.15, -0.1) is 11.3 Å². The summed E-state index contributed by atoms with van der Waals surface area (Å²) in [5, 5.41) is 17.7. The van der Waals surface area contributed by atoms with Crippen molar-refractivity contribution in [3.05, 3.63) is 58.3 Å². The van der Waals surface area contributed by atoms with E-state index in [1.165, 1.54) is 0 Å². The van der Waals surface area contributed by atoms with Crippen molar-refractivity contribution in [1.29, 1.82) is 0 Å². The van der Waals surface area contributed by atoms with Crippen LogP contribution in [0, 0.1) is 0 Å². The quantitative estimate of drug-likeness (QED) is 0.629. The monoisotopic (exact) mass is 364 g/mol. The number of aromatic nitrogens is 2. The first kappa shape index (κ1) is 16.8. The number of amides is 2. The third kappa shape index (κ3) is 3.87. The van der Waals surface area contributed by atoms with Crippen LogP contribution in [0.5, 0.6) is 0 Å². The maximum absolute atomic E-state index is 12.0. The van der Waals surface area contributed by atoms with E-state index < -0.39 is 0 Å². The summed E-state index contributed by atoms with van der Waals surface area (Å²) in [6.07, 6.45) is 3.67. The lowest BCUT2D eigenvalue weighted by atomic mass is 10.0. The highest BCUT2D eigenvalue weighted by molar-refractivity contribution is 7.15. The third-order valence-electron chi connectivity index (χ3n) is 3.72. The van der Waals surface area contributed by atoms with Crippen LogP contribution in [-0.4, -0.2) is 33.7 Å². The molecule has 0 saturated carbocycles. The summed E-state index contributed by atoms with van der Waals surface area (Å²) in [4.78, 5) is 17.1. The highest BCUT2D eigenvalue weighted by Gasteiger charge is 2.12. The number of carbonyl (C=O) groups is 1. The topological polar surface area (TPSA) is 78.7 Å². The van der Waals surface area contributed by atoms with Gasteiger partial charge in [-0.05, 0) is 17.7 Å². The number of hydrogen-bond donors (Lipinski definition) is 3. The largest absolute Gasteiger partial charge is 0.396 e. The van der Waals surface area contributed by atoms with Gasteiger partial charge in [-0.1, -0.05) is 23.7 Å². The van der Waals surface area contributed by atoms with Gasteiger partial charge in [0, 0.05) is 29.1 Å². The molecule has 6 nitrogen and oxygen atoms in total. The SMILES string of the molecule is O=C(NCc1cnc2sccn12)NCC(CO)c1ccc(Cl)cc1. The Balaban J connectivity index is 1.51. The summed E-state index contributed by atoms with van der Waals surface area (Å²) in [5.41, 5.74) is 1.84. The lowest BCUT2D eigenvalue weighted by Gasteiger charge is -2.16. The minimum absolute atomic E-state index is 0.0555. The Bertz CT molecular complexity index is 815. The molecule has 0 aliphatic rings. The van der Waals surface area contributed by atoms with Gasteiger partial charge in [0.2, 0.25) is 0 Å². The van der Waals surface area contributed by atoms with Crippen molar-refractivity contribution in [2.24, 2.45) is 0 Å². The van der Waals surface area contributed by atoms with Gasteiger partial charge in [0.1, 0.15) is 0 Å². The van der Waals surface area contributed by atoms with Crippen molar-refractivity contribution in [2.75, 3.05) is 13.2 Å². The lowest BCUT2D eigenvalue weighted by Crippen LogP contribution is -2.38. The molecule has 1 aromatic carbocycles. The maximum atomic E-state index is 12.0. The molecule has 3 rings (SSSR count). The molecule has 0 aliphatic heterocycles. The number of nitrogens with zero attached hydrogens (tertiary/aromatic N) is 2. The molecule has 126 valence electrons. The number of rotatable bonds is 6. The number of carbonyl (C=O) groups excluding carboxylic acids is 1. The Labute approximate surface area is 148 Å². The number of nitrogens with one attached hydrogen (secondary N) is 2. The number of benzene rings is 1. The standard InChI is InChI=1S/C16H17ClN4O2S/c17-13-3-1-11(2-4-13)12(10-22)7-18-15(23)19-8-14-9-20-16-21(14)5-6-24-16/h1-6,9,12,22H,7-8,10H2,(H2,18,19,23). The summed E-state index contributed by atoms with van der Waals surface area (Å²) >= 11 is 7.41. The first-order valence-corrected chi connectivity index (χ1v) is 8.70. The van der Waals surface area contributed by atoms with E-state index in [-0.39, 0.29) is 18.6 Å². The molecule has 3 N–H and O–H groups in total. The lowest BCUT2D eigenvalue weighted by molar-refractivity contribution is 0.233. The average molecular weight is 365 g/mol. The van der Waals surface area contributed by atoms with Gasteiger partial charge in [0.15, 0.2) is 4.96 Å². The summed E-state index contributed by atoms with van der Waals surface area (Å²) < 4.78 is 1.94. The minimum Gasteiger partial charge on any atom is -0.396 e. The second-order valence-corrected chi connectivity index (χ2v) is 6.61. The van der Waals surface area contributed by atoms with Gasteiger partial charge in [-0.2, -0.15) is 0 Å². The number of thiazole rings is 1. The van der Waals surface area contributed by atoms with Gasteiger partial charge in [-0.25, -0.2) is 9.78 Å². The molecule has 0 fully saturated rings. The van der Waals surface area contributed by atoms with Gasteiger partial charge in [0.05, 0.1) is 25.0 Å². The number of aliphatic hydroxyl groups is 1. The smallest absolute Gasteiger partial charge is 0.315 e. The molecule has 2 aromatic heterocycles. The van der Waals surface area contributed by atoms with Crippen molar-refractivity contribution in [1.82, 2.24) is 20.0 Å². The molecule has 2 heterocycles. The predicted octanol–water partition coefficient (Wildman–Crippen LogP) is 2.62. The van der Waals surface area contributed by atoms with E-state index in [4.69, 9.17) is 11.6 Å². The summed E-state index contributed by atoms with van der Waals surface area (Å²) in [6.45, 7) is 0.665. The number of urea groups is 1. The molecule has 0 bridgehead atoms. The molecule has 0 radical (unpaired) electrons. The first-order chi connectivity index (χ1) is 11.7. The second kappa shape index (κ2) is 7.65. The number of imidazole rings is 1. The van der Waals surface area contributed by atoms with Crippen LogP contribution >= 0.6 is 22.9 Å². The number of aliphatic hydroxyl groups excluding tert-OH is 1. The molecule has 3 aromatic rings. The average Bonchev–Trinajstić information content (AvgIpc) is 3.19. The Morgan fingerprint density at radius 1 is 1.33 bits per heavy atom. The molecular weight excluding hydrogens is 348 g/mol. The Morgan fingerprint density at radius 3 is 2.88 bits per heavy atom. The van der Waals surface area contributed by atoms with Gasteiger partial charge in [0.25, 0.3) is 0 Å². The van der Waals surface area contributed by atoms with Crippen LogP contribution in [0.1, 0.15) is 17.2 Å². The zero-order valence-electron chi connectivity index (χ0n) is 12.8. The molecule has 1 unspecified atom stereocenters. The Kier molecular flexibility index (Phi) is 5.34. The van der Waals surface area contributed by atoms with E-state index >= 15 is 0 Å². The zero-order valence-corrected chi connectivity index (χ0v) is 14.3. The van der Waals surface area contributed by atoms with Crippen molar-refractivity contribution in [2.45, 2.75) is 12.5 Å². The number of hydrogen-bond acceptors (Lipinski definition) is 4. The van der Waals surface area contributed by atoms with E-state index in [9.17, 15) is 9.90 Å². The molecule has 24 heavy (non-hydrogen) atoms. The molecule has 1 atom stereocenters. The van der Waals surface area contributed by atoms with Gasteiger partial charge < -0.3 is 15.7 Å². The highest BCUT2D eigenvalue weighted by atomic mass is 35.5. The van der Waals surface area contributed by atoms with Crippen molar-refractivity contribution < 1.29 is 9.90 Å². The first-order valence-electron chi connectivity index (χ1n) is 7.45. The highest BCUT2D eigenvalue weighted by Crippen LogP contribution is 2.17. The van der Waals surface area contributed by atoms with E-state index in [0.717, 1.165) is 16.2 Å².